The lowest BCUT2D eigenvalue weighted by atomic mass is 10.2. The molecule has 1 heterocycles. The van der Waals surface area contributed by atoms with Crippen LogP contribution in [0.15, 0.2) is 59.6 Å². The van der Waals surface area contributed by atoms with E-state index in [1.807, 2.05) is 37.3 Å². The molecule has 2 aromatic rings. The van der Waals surface area contributed by atoms with E-state index in [1.165, 1.54) is 5.56 Å². The maximum Gasteiger partial charge on any atom is 0.242 e. The number of carbonyl (C=O) groups is 1. The Morgan fingerprint density at radius 2 is 1.84 bits per heavy atom. The van der Waals surface area contributed by atoms with E-state index in [0.717, 1.165) is 37.4 Å². The van der Waals surface area contributed by atoms with Crippen molar-refractivity contribution >= 4 is 11.9 Å². The Balaban J connectivity index is 1.47. The number of hydrogen-bond donors (Lipinski definition) is 3. The molecule has 1 fully saturated rings. The number of hydrogen-bond acceptors (Lipinski definition) is 4. The Labute approximate surface area is 191 Å². The van der Waals surface area contributed by atoms with Gasteiger partial charge in [0, 0.05) is 38.3 Å². The van der Waals surface area contributed by atoms with Gasteiger partial charge in [-0.2, -0.15) is 0 Å². The highest BCUT2D eigenvalue weighted by atomic mass is 16.5. The van der Waals surface area contributed by atoms with Gasteiger partial charge < -0.3 is 20.7 Å². The van der Waals surface area contributed by atoms with Gasteiger partial charge in [0.15, 0.2) is 5.96 Å². The Kier molecular flexibility index (Phi) is 8.92. The van der Waals surface area contributed by atoms with Gasteiger partial charge in [-0.05, 0) is 43.5 Å². The van der Waals surface area contributed by atoms with E-state index in [4.69, 9.17) is 4.74 Å². The lowest BCUT2D eigenvalue weighted by Gasteiger charge is -2.21. The number of carbonyl (C=O) groups excluding carboxylic acids is 1. The first-order valence-corrected chi connectivity index (χ1v) is 11.3. The highest BCUT2D eigenvalue weighted by Gasteiger charge is 2.29. The number of benzene rings is 2. The third-order valence-corrected chi connectivity index (χ3v) is 5.65. The molecule has 32 heavy (non-hydrogen) atoms. The molecule has 1 amide bonds. The summed E-state index contributed by atoms with van der Waals surface area (Å²) in [7, 11) is 1.64. The van der Waals surface area contributed by atoms with Gasteiger partial charge in [0.25, 0.3) is 0 Å². The lowest BCUT2D eigenvalue weighted by Crippen LogP contribution is -2.45. The molecule has 7 heteroatoms. The normalized spacial score (nSPS) is 18.9. The van der Waals surface area contributed by atoms with Gasteiger partial charge in [-0.3, -0.25) is 9.69 Å². The summed E-state index contributed by atoms with van der Waals surface area (Å²) in [6.07, 6.45) is 1.04. The Morgan fingerprint density at radius 3 is 2.53 bits per heavy atom. The van der Waals surface area contributed by atoms with Gasteiger partial charge in [-0.1, -0.05) is 42.5 Å². The van der Waals surface area contributed by atoms with E-state index in [0.29, 0.717) is 24.6 Å². The topological polar surface area (TPSA) is 78.0 Å². The number of ether oxygens (including phenoxy) is 1. The quantitative estimate of drug-likeness (QED) is 0.415. The maximum atomic E-state index is 12.3. The molecule has 0 aromatic heterocycles. The minimum absolute atomic E-state index is 0.0848. The number of nitrogens with zero attached hydrogens (tertiary/aromatic N) is 2. The fourth-order valence-electron chi connectivity index (χ4n) is 3.91. The predicted octanol–water partition coefficient (Wildman–Crippen LogP) is 2.53. The van der Waals surface area contributed by atoms with Crippen molar-refractivity contribution in [2.24, 2.45) is 4.99 Å². The zero-order valence-electron chi connectivity index (χ0n) is 19.3. The van der Waals surface area contributed by atoms with Crippen LogP contribution in [0.4, 0.5) is 0 Å². The van der Waals surface area contributed by atoms with Crippen molar-refractivity contribution in [3.8, 4) is 5.75 Å². The summed E-state index contributed by atoms with van der Waals surface area (Å²) in [5, 5.41) is 9.68. The monoisotopic (exact) mass is 437 g/mol. The van der Waals surface area contributed by atoms with Crippen LogP contribution >= 0.6 is 0 Å². The minimum atomic E-state index is -0.108. The highest BCUT2D eigenvalue weighted by Crippen LogP contribution is 2.20. The average Bonchev–Trinajstić information content (AvgIpc) is 3.15. The van der Waals surface area contributed by atoms with Crippen molar-refractivity contribution in [1.29, 1.82) is 0 Å². The van der Waals surface area contributed by atoms with Crippen LogP contribution in [0.1, 0.15) is 31.4 Å². The summed E-state index contributed by atoms with van der Waals surface area (Å²) in [5.74, 6) is 1.38. The SMILES string of the molecule is CCNC(=NCC(=O)NCc1ccc(OC)cc1)NC1CC(C)N(Cc2ccccc2)C1. The molecule has 0 saturated carbocycles. The summed E-state index contributed by atoms with van der Waals surface area (Å²) >= 11 is 0. The first-order chi connectivity index (χ1) is 15.6. The number of rotatable bonds is 9. The molecule has 7 nitrogen and oxygen atoms in total. The number of likely N-dealkylation sites (tertiary alicyclic amines) is 1. The molecule has 0 spiro atoms. The largest absolute Gasteiger partial charge is 0.497 e. The number of amides is 1. The fraction of sp³-hybridized carbons (Fsp3) is 0.440. The van der Waals surface area contributed by atoms with Crippen molar-refractivity contribution < 1.29 is 9.53 Å². The first-order valence-electron chi connectivity index (χ1n) is 11.3. The molecule has 2 unspecified atom stereocenters. The molecular weight excluding hydrogens is 402 g/mol. The minimum Gasteiger partial charge on any atom is -0.497 e. The summed E-state index contributed by atoms with van der Waals surface area (Å²) in [6.45, 7) is 7.49. The van der Waals surface area contributed by atoms with Gasteiger partial charge in [0.1, 0.15) is 12.3 Å². The molecule has 2 aromatic carbocycles. The van der Waals surface area contributed by atoms with Crippen molar-refractivity contribution in [3.05, 3.63) is 65.7 Å². The zero-order valence-corrected chi connectivity index (χ0v) is 19.3. The first kappa shape index (κ1) is 23.6. The number of nitrogens with one attached hydrogen (secondary N) is 3. The molecular formula is C25H35N5O2. The second-order valence-corrected chi connectivity index (χ2v) is 8.16. The van der Waals surface area contributed by atoms with Crippen LogP contribution in [0.2, 0.25) is 0 Å². The Bertz CT molecular complexity index is 870. The Morgan fingerprint density at radius 1 is 1.09 bits per heavy atom. The van der Waals surface area contributed by atoms with E-state index in [9.17, 15) is 4.79 Å². The van der Waals surface area contributed by atoms with E-state index in [1.54, 1.807) is 7.11 Å². The van der Waals surface area contributed by atoms with E-state index < -0.39 is 0 Å². The van der Waals surface area contributed by atoms with Gasteiger partial charge in [0.05, 0.1) is 7.11 Å². The number of methoxy groups -OCH3 is 1. The molecule has 0 bridgehead atoms. The van der Waals surface area contributed by atoms with Crippen molar-refractivity contribution in [3.63, 3.8) is 0 Å². The van der Waals surface area contributed by atoms with Crippen LogP contribution in [-0.2, 0) is 17.9 Å². The molecule has 1 saturated heterocycles. The van der Waals surface area contributed by atoms with E-state index in [2.05, 4.69) is 57.0 Å². The van der Waals surface area contributed by atoms with Crippen LogP contribution in [0.3, 0.4) is 0 Å². The number of guanidine groups is 1. The predicted molar refractivity (Wildman–Crippen MR) is 129 cm³/mol. The molecule has 2 atom stereocenters. The second kappa shape index (κ2) is 12.1. The maximum absolute atomic E-state index is 12.3. The van der Waals surface area contributed by atoms with Gasteiger partial charge in [-0.25, -0.2) is 4.99 Å². The molecule has 1 aliphatic rings. The van der Waals surface area contributed by atoms with Crippen LogP contribution in [0, 0.1) is 0 Å². The molecule has 3 N–H and O–H groups in total. The Hall–Kier alpha value is -3.06. The van der Waals surface area contributed by atoms with Crippen molar-refractivity contribution in [2.45, 2.75) is 45.4 Å². The van der Waals surface area contributed by atoms with Crippen LogP contribution in [0.25, 0.3) is 0 Å². The lowest BCUT2D eigenvalue weighted by molar-refractivity contribution is -0.119. The average molecular weight is 438 g/mol. The summed E-state index contributed by atoms with van der Waals surface area (Å²) in [4.78, 5) is 19.3. The van der Waals surface area contributed by atoms with Crippen LogP contribution in [-0.4, -0.2) is 55.6 Å². The van der Waals surface area contributed by atoms with Crippen LogP contribution in [0.5, 0.6) is 5.75 Å². The smallest absolute Gasteiger partial charge is 0.242 e. The van der Waals surface area contributed by atoms with Crippen molar-refractivity contribution in [2.75, 3.05) is 26.7 Å². The van der Waals surface area contributed by atoms with Crippen molar-refractivity contribution in [1.82, 2.24) is 20.9 Å². The zero-order chi connectivity index (χ0) is 22.8. The summed E-state index contributed by atoms with van der Waals surface area (Å²) in [5.41, 5.74) is 2.35. The third-order valence-electron chi connectivity index (χ3n) is 5.65. The molecule has 0 aliphatic carbocycles. The number of aliphatic imine (C=N–C) groups is 1. The summed E-state index contributed by atoms with van der Waals surface area (Å²) < 4.78 is 5.16. The van der Waals surface area contributed by atoms with E-state index >= 15 is 0 Å². The van der Waals surface area contributed by atoms with Gasteiger partial charge in [0.2, 0.25) is 5.91 Å². The van der Waals surface area contributed by atoms with Crippen LogP contribution < -0.4 is 20.7 Å². The fourth-order valence-corrected chi connectivity index (χ4v) is 3.91. The molecule has 0 radical (unpaired) electrons. The van der Waals surface area contributed by atoms with Gasteiger partial charge in [-0.15, -0.1) is 0 Å². The molecule has 1 aliphatic heterocycles. The second-order valence-electron chi connectivity index (χ2n) is 8.16. The third kappa shape index (κ3) is 7.27. The summed E-state index contributed by atoms with van der Waals surface area (Å²) in [6, 6.07) is 19.0. The highest BCUT2D eigenvalue weighted by molar-refractivity contribution is 5.85. The standard InChI is InChI=1S/C25H35N5O2/c1-4-26-25(28-16-24(31)27-15-20-10-12-23(32-3)13-11-20)29-22-14-19(2)30(18-22)17-21-8-6-5-7-9-21/h5-13,19,22H,4,14-18H2,1-3H3,(H,27,31)(H2,26,28,29). The van der Waals surface area contributed by atoms with Gasteiger partial charge >= 0.3 is 0 Å². The molecule has 172 valence electrons. The van der Waals surface area contributed by atoms with E-state index in [-0.39, 0.29) is 12.5 Å². The molecule has 3 rings (SSSR count).